The number of benzene rings is 2. The molecule has 3 rings (SSSR count). The number of likely N-dealkylation sites (tertiary alicyclic amines) is 1. The first kappa shape index (κ1) is 26.9. The number of carbonyl (C=O) groups excluding carboxylic acids is 1. The lowest BCUT2D eigenvalue weighted by Gasteiger charge is -2.22. The lowest BCUT2D eigenvalue weighted by Crippen LogP contribution is -2.42. The summed E-state index contributed by atoms with van der Waals surface area (Å²) < 4.78 is 23.0. The molecule has 35 heavy (non-hydrogen) atoms. The molecule has 2 aromatic rings. The van der Waals surface area contributed by atoms with Crippen LogP contribution in [0.25, 0.3) is 11.1 Å². The van der Waals surface area contributed by atoms with E-state index in [0.29, 0.717) is 17.5 Å². The Hall–Kier alpha value is -2.71. The normalized spacial score (nSPS) is 19.4. The first-order valence-corrected chi connectivity index (χ1v) is 14.2. The molecule has 0 spiro atoms. The molecule has 3 atom stereocenters. The zero-order chi connectivity index (χ0) is 25.8. The van der Waals surface area contributed by atoms with Gasteiger partial charge in [-0.25, -0.2) is 13.2 Å². The third kappa shape index (κ3) is 7.15. The smallest absolute Gasteiger partial charge is 0.326 e. The molecule has 3 unspecified atom stereocenters. The van der Waals surface area contributed by atoms with Gasteiger partial charge in [0.2, 0.25) is 0 Å². The summed E-state index contributed by atoms with van der Waals surface area (Å²) in [6, 6.07) is 12.7. The molecule has 0 radical (unpaired) electrons. The summed E-state index contributed by atoms with van der Waals surface area (Å²) in [5.74, 6) is -1.41. The number of carbonyl (C=O) groups is 2. The quantitative estimate of drug-likeness (QED) is 0.513. The first-order valence-electron chi connectivity index (χ1n) is 12.1. The monoisotopic (exact) mass is 500 g/mol. The van der Waals surface area contributed by atoms with Gasteiger partial charge in [-0.05, 0) is 67.0 Å². The summed E-state index contributed by atoms with van der Waals surface area (Å²) in [6.07, 6.45) is 3.21. The standard InChI is InChI=1S/C27H36N2O5S/c1-5-20-14-19(3)29(16-20)17-21-10-11-23(24(15-21)22-9-7-6-8-18(22)2)26(30)28-25(27(31)32)12-13-35(4,33)34/h6-11,15,19-20,25H,5,12-14,16-17H2,1-4H3,(H,28,30)(H,31,32). The van der Waals surface area contributed by atoms with Gasteiger partial charge in [-0.3, -0.25) is 9.69 Å². The predicted octanol–water partition coefficient (Wildman–Crippen LogP) is 3.90. The van der Waals surface area contributed by atoms with Gasteiger partial charge in [0.25, 0.3) is 5.91 Å². The summed E-state index contributed by atoms with van der Waals surface area (Å²) in [5, 5.41) is 12.1. The van der Waals surface area contributed by atoms with Gasteiger partial charge in [0.1, 0.15) is 15.9 Å². The highest BCUT2D eigenvalue weighted by molar-refractivity contribution is 7.90. The average Bonchev–Trinajstić information content (AvgIpc) is 3.15. The van der Waals surface area contributed by atoms with Crippen molar-refractivity contribution in [3.63, 3.8) is 0 Å². The minimum absolute atomic E-state index is 0.191. The Labute approximate surface area is 208 Å². The highest BCUT2D eigenvalue weighted by Crippen LogP contribution is 2.31. The maximum Gasteiger partial charge on any atom is 0.326 e. The van der Waals surface area contributed by atoms with Crippen LogP contribution < -0.4 is 5.32 Å². The van der Waals surface area contributed by atoms with Gasteiger partial charge in [0.05, 0.1) is 5.75 Å². The number of rotatable bonds is 10. The second kappa shape index (κ2) is 11.4. The van der Waals surface area contributed by atoms with Gasteiger partial charge in [-0.1, -0.05) is 43.7 Å². The van der Waals surface area contributed by atoms with E-state index in [4.69, 9.17) is 0 Å². The predicted molar refractivity (Wildman–Crippen MR) is 138 cm³/mol. The Morgan fingerprint density at radius 1 is 1.17 bits per heavy atom. The molecule has 8 heteroatoms. The molecule has 1 fully saturated rings. The molecular weight excluding hydrogens is 464 g/mol. The highest BCUT2D eigenvalue weighted by atomic mass is 32.2. The van der Waals surface area contributed by atoms with Crippen LogP contribution in [0, 0.1) is 12.8 Å². The van der Waals surface area contributed by atoms with Crippen LogP contribution in [0.5, 0.6) is 0 Å². The number of amides is 1. The van der Waals surface area contributed by atoms with E-state index in [-0.39, 0.29) is 12.2 Å². The van der Waals surface area contributed by atoms with Crippen molar-refractivity contribution in [3.05, 3.63) is 59.2 Å². The van der Waals surface area contributed by atoms with E-state index >= 15 is 0 Å². The largest absolute Gasteiger partial charge is 0.480 e. The number of carboxylic acid groups (broad SMARTS) is 1. The summed E-state index contributed by atoms with van der Waals surface area (Å²) >= 11 is 0. The van der Waals surface area contributed by atoms with Crippen LogP contribution in [0.3, 0.4) is 0 Å². The Bertz CT molecular complexity index is 1180. The Morgan fingerprint density at radius 3 is 2.49 bits per heavy atom. The van der Waals surface area contributed by atoms with Crippen molar-refractivity contribution in [1.82, 2.24) is 10.2 Å². The van der Waals surface area contributed by atoms with Gasteiger partial charge in [0.15, 0.2) is 0 Å². The summed E-state index contributed by atoms with van der Waals surface area (Å²) in [6.45, 7) is 8.29. The van der Waals surface area contributed by atoms with Crippen LogP contribution >= 0.6 is 0 Å². The zero-order valence-corrected chi connectivity index (χ0v) is 21.8. The third-order valence-corrected chi connectivity index (χ3v) is 7.88. The van der Waals surface area contributed by atoms with Crippen LogP contribution in [0.4, 0.5) is 0 Å². The molecular formula is C27H36N2O5S. The molecule has 0 aromatic heterocycles. The zero-order valence-electron chi connectivity index (χ0n) is 21.0. The van der Waals surface area contributed by atoms with Crippen LogP contribution in [0.2, 0.25) is 0 Å². The fourth-order valence-corrected chi connectivity index (χ4v) is 5.44. The van der Waals surface area contributed by atoms with Crippen molar-refractivity contribution in [3.8, 4) is 11.1 Å². The number of carboxylic acids is 1. The molecule has 0 bridgehead atoms. The molecule has 1 saturated heterocycles. The maximum atomic E-state index is 13.2. The number of aryl methyl sites for hydroxylation is 1. The van der Waals surface area contributed by atoms with E-state index in [2.05, 4.69) is 24.1 Å². The second-order valence-electron chi connectivity index (χ2n) is 9.77. The van der Waals surface area contributed by atoms with Crippen molar-refractivity contribution in [1.29, 1.82) is 0 Å². The number of hydrogen-bond acceptors (Lipinski definition) is 5. The molecule has 1 heterocycles. The fraction of sp³-hybridized carbons (Fsp3) is 0.481. The van der Waals surface area contributed by atoms with E-state index < -0.39 is 27.8 Å². The number of nitrogens with zero attached hydrogens (tertiary/aromatic N) is 1. The Morgan fingerprint density at radius 2 is 1.89 bits per heavy atom. The van der Waals surface area contributed by atoms with Crippen LogP contribution in [-0.4, -0.2) is 60.9 Å². The molecule has 1 amide bonds. The van der Waals surface area contributed by atoms with Gasteiger partial charge >= 0.3 is 5.97 Å². The highest BCUT2D eigenvalue weighted by Gasteiger charge is 2.28. The van der Waals surface area contributed by atoms with Gasteiger partial charge < -0.3 is 10.4 Å². The van der Waals surface area contributed by atoms with Crippen molar-refractivity contribution in [2.75, 3.05) is 18.6 Å². The van der Waals surface area contributed by atoms with Gasteiger partial charge in [-0.2, -0.15) is 0 Å². The minimum Gasteiger partial charge on any atom is -0.480 e. The topological polar surface area (TPSA) is 104 Å². The average molecular weight is 501 g/mol. The molecule has 2 aromatic carbocycles. The summed E-state index contributed by atoms with van der Waals surface area (Å²) in [5.41, 5.74) is 4.11. The summed E-state index contributed by atoms with van der Waals surface area (Å²) in [4.78, 5) is 27.4. The first-order chi connectivity index (χ1) is 16.5. The lowest BCUT2D eigenvalue weighted by molar-refractivity contribution is -0.139. The van der Waals surface area contributed by atoms with Crippen molar-refractivity contribution < 1.29 is 23.1 Å². The van der Waals surface area contributed by atoms with E-state index in [9.17, 15) is 23.1 Å². The minimum atomic E-state index is -3.36. The SMILES string of the molecule is CCC1CC(C)N(Cc2ccc(C(=O)NC(CCS(C)(=O)=O)C(=O)O)c(-c3ccccc3C)c2)C1. The van der Waals surface area contributed by atoms with E-state index in [1.807, 2.05) is 43.3 Å². The second-order valence-corrected chi connectivity index (χ2v) is 12.0. The van der Waals surface area contributed by atoms with Crippen molar-refractivity contribution in [2.45, 2.75) is 58.7 Å². The van der Waals surface area contributed by atoms with Crippen LogP contribution in [0.1, 0.15) is 54.6 Å². The van der Waals surface area contributed by atoms with Gasteiger partial charge in [-0.15, -0.1) is 0 Å². The molecule has 0 aliphatic carbocycles. The van der Waals surface area contributed by atoms with Crippen LogP contribution in [-0.2, 0) is 21.2 Å². The molecule has 1 aliphatic rings. The lowest BCUT2D eigenvalue weighted by atomic mass is 9.93. The Kier molecular flexibility index (Phi) is 8.72. The number of nitrogens with one attached hydrogen (secondary N) is 1. The van der Waals surface area contributed by atoms with E-state index in [1.54, 1.807) is 6.07 Å². The third-order valence-electron chi connectivity index (χ3n) is 6.90. The van der Waals surface area contributed by atoms with Crippen molar-refractivity contribution >= 4 is 21.7 Å². The molecule has 0 saturated carbocycles. The summed E-state index contributed by atoms with van der Waals surface area (Å²) in [7, 11) is -3.36. The number of hydrogen-bond donors (Lipinski definition) is 2. The number of aliphatic carboxylic acids is 1. The molecule has 190 valence electrons. The Balaban J connectivity index is 1.92. The van der Waals surface area contributed by atoms with Crippen molar-refractivity contribution in [2.24, 2.45) is 5.92 Å². The maximum absolute atomic E-state index is 13.2. The number of sulfone groups is 1. The van der Waals surface area contributed by atoms with Gasteiger partial charge in [0, 0.05) is 31.0 Å². The molecule has 2 N–H and O–H groups in total. The van der Waals surface area contributed by atoms with E-state index in [0.717, 1.165) is 41.6 Å². The molecule has 1 aliphatic heterocycles. The van der Waals surface area contributed by atoms with E-state index in [1.165, 1.54) is 12.8 Å². The van der Waals surface area contributed by atoms with Crippen LogP contribution in [0.15, 0.2) is 42.5 Å². The molecule has 7 nitrogen and oxygen atoms in total. The fourth-order valence-electron chi connectivity index (χ4n) is 4.78.